The lowest BCUT2D eigenvalue weighted by Gasteiger charge is -2.31. The molecule has 1 amide bonds. The molecule has 0 bridgehead atoms. The van der Waals surface area contributed by atoms with Gasteiger partial charge in [-0.05, 0) is 41.2 Å². The molecule has 3 saturated heterocycles. The minimum atomic E-state index is -0.210. The Morgan fingerprint density at radius 2 is 1.19 bits per heavy atom. The van der Waals surface area contributed by atoms with Gasteiger partial charge < -0.3 is 35.0 Å². The largest absolute Gasteiger partial charge is 0.453 e. The number of nitrogens with two attached hydrogens (primary N) is 1. The van der Waals surface area contributed by atoms with Gasteiger partial charge in [-0.25, -0.2) is 4.79 Å². The Balaban J connectivity index is 0.000000201. The van der Waals surface area contributed by atoms with Crippen molar-refractivity contribution in [2.75, 3.05) is 101 Å². The van der Waals surface area contributed by atoms with Gasteiger partial charge in [0.1, 0.15) is 0 Å². The number of carbonyl (C=O) groups is 1. The summed E-state index contributed by atoms with van der Waals surface area (Å²) in [6.07, 6.45) is 0.967. The van der Waals surface area contributed by atoms with Crippen molar-refractivity contribution in [2.45, 2.75) is 12.5 Å². The standard InChI is InChI=1S/C7H14N2O2.C6H14N2.C5H12N2/c1-8-3-5-9(6-4-8)7(10)11-2;1-7-3-5-8(2)6-4-7;1-7-3-2-5(6)4-7/h3-6H2,1-2H3;3-6H2,1-2H3;5H,2-4,6H2,1H3. The van der Waals surface area contributed by atoms with E-state index in [9.17, 15) is 4.79 Å². The zero-order valence-corrected chi connectivity index (χ0v) is 17.5. The maximum absolute atomic E-state index is 11.0. The summed E-state index contributed by atoms with van der Waals surface area (Å²) in [4.78, 5) is 21.9. The van der Waals surface area contributed by atoms with Crippen molar-refractivity contribution < 1.29 is 9.53 Å². The van der Waals surface area contributed by atoms with E-state index in [1.165, 1.54) is 46.3 Å². The third-order valence-electron chi connectivity index (χ3n) is 5.09. The second-order valence-electron chi connectivity index (χ2n) is 7.68. The van der Waals surface area contributed by atoms with Crippen LogP contribution >= 0.6 is 0 Å². The van der Waals surface area contributed by atoms with E-state index in [0.717, 1.165) is 32.7 Å². The molecule has 26 heavy (non-hydrogen) atoms. The molecule has 0 aromatic carbocycles. The van der Waals surface area contributed by atoms with Crippen LogP contribution in [0.4, 0.5) is 4.79 Å². The Labute approximate surface area is 159 Å². The Kier molecular flexibility index (Phi) is 11.1. The SMILES string of the molecule is CN1CCC(N)C1.CN1CCN(C)CC1.COC(=O)N1CCN(C)CC1. The highest BCUT2D eigenvalue weighted by Crippen LogP contribution is 2.02. The van der Waals surface area contributed by atoms with Crippen LogP contribution in [0.3, 0.4) is 0 Å². The smallest absolute Gasteiger partial charge is 0.409 e. The number of hydrogen-bond donors (Lipinski definition) is 1. The highest BCUT2D eigenvalue weighted by atomic mass is 16.5. The summed E-state index contributed by atoms with van der Waals surface area (Å²) in [5.74, 6) is 0. The fourth-order valence-electron chi connectivity index (χ4n) is 2.99. The van der Waals surface area contributed by atoms with Crippen LogP contribution in [0.5, 0.6) is 0 Å². The van der Waals surface area contributed by atoms with E-state index in [0.29, 0.717) is 6.04 Å². The Morgan fingerprint density at radius 3 is 1.46 bits per heavy atom. The molecular formula is C18H40N6O2. The predicted octanol–water partition coefficient (Wildman–Crippen LogP) is -0.487. The zero-order chi connectivity index (χ0) is 19.5. The minimum absolute atomic E-state index is 0.210. The van der Waals surface area contributed by atoms with E-state index in [-0.39, 0.29) is 6.09 Å². The molecule has 0 saturated carbocycles. The van der Waals surface area contributed by atoms with Gasteiger partial charge >= 0.3 is 6.09 Å². The highest BCUT2D eigenvalue weighted by molar-refractivity contribution is 5.67. The lowest BCUT2D eigenvalue weighted by atomic mass is 10.3. The minimum Gasteiger partial charge on any atom is -0.453 e. The van der Waals surface area contributed by atoms with Crippen LogP contribution in [0, 0.1) is 0 Å². The maximum Gasteiger partial charge on any atom is 0.409 e. The van der Waals surface area contributed by atoms with Crippen molar-refractivity contribution in [3.63, 3.8) is 0 Å². The number of nitrogens with zero attached hydrogens (tertiary/aromatic N) is 5. The van der Waals surface area contributed by atoms with Gasteiger partial charge in [-0.2, -0.15) is 0 Å². The number of likely N-dealkylation sites (N-methyl/N-ethyl adjacent to an activating group) is 4. The predicted molar refractivity (Wildman–Crippen MR) is 107 cm³/mol. The maximum atomic E-state index is 11.0. The van der Waals surface area contributed by atoms with Gasteiger partial charge in [-0.15, -0.1) is 0 Å². The fraction of sp³-hybridized carbons (Fsp3) is 0.944. The van der Waals surface area contributed by atoms with Gasteiger partial charge in [0.2, 0.25) is 0 Å². The van der Waals surface area contributed by atoms with Gasteiger partial charge in [-0.1, -0.05) is 0 Å². The normalized spacial score (nSPS) is 25.8. The Hall–Kier alpha value is -0.930. The summed E-state index contributed by atoms with van der Waals surface area (Å²) in [7, 11) is 9.92. The van der Waals surface area contributed by atoms with Gasteiger partial charge in [0.25, 0.3) is 0 Å². The molecule has 3 aliphatic rings. The summed E-state index contributed by atoms with van der Waals surface area (Å²) in [6.45, 7) is 10.6. The van der Waals surface area contributed by atoms with Crippen molar-refractivity contribution in [1.29, 1.82) is 0 Å². The molecule has 0 aliphatic carbocycles. The molecule has 3 heterocycles. The molecule has 3 aliphatic heterocycles. The second kappa shape index (κ2) is 12.5. The Bertz CT molecular complexity index is 364. The first-order chi connectivity index (χ1) is 12.3. The van der Waals surface area contributed by atoms with Crippen LogP contribution < -0.4 is 5.73 Å². The monoisotopic (exact) mass is 372 g/mol. The van der Waals surface area contributed by atoms with Crippen LogP contribution in [0.25, 0.3) is 0 Å². The van der Waals surface area contributed by atoms with Crippen molar-refractivity contribution >= 4 is 6.09 Å². The first-order valence-electron chi connectivity index (χ1n) is 9.64. The molecule has 0 aromatic rings. The quantitative estimate of drug-likeness (QED) is 0.616. The Morgan fingerprint density at radius 1 is 0.769 bits per heavy atom. The molecule has 1 unspecified atom stereocenters. The summed E-state index contributed by atoms with van der Waals surface area (Å²) >= 11 is 0. The molecule has 8 heteroatoms. The van der Waals surface area contributed by atoms with Crippen LogP contribution in [-0.4, -0.2) is 137 Å². The molecule has 3 fully saturated rings. The first-order valence-corrected chi connectivity index (χ1v) is 9.64. The first kappa shape index (κ1) is 23.1. The van der Waals surface area contributed by atoms with Crippen molar-refractivity contribution in [3.05, 3.63) is 0 Å². The van der Waals surface area contributed by atoms with Crippen LogP contribution in [0.1, 0.15) is 6.42 Å². The molecule has 154 valence electrons. The van der Waals surface area contributed by atoms with Crippen molar-refractivity contribution in [2.24, 2.45) is 5.73 Å². The van der Waals surface area contributed by atoms with Crippen LogP contribution in [-0.2, 0) is 4.74 Å². The van der Waals surface area contributed by atoms with Crippen LogP contribution in [0.2, 0.25) is 0 Å². The number of hydrogen-bond acceptors (Lipinski definition) is 7. The number of piperazine rings is 2. The number of carbonyl (C=O) groups excluding carboxylic acids is 1. The number of likely N-dealkylation sites (tertiary alicyclic amines) is 1. The van der Waals surface area contributed by atoms with Gasteiger partial charge in [0.05, 0.1) is 7.11 Å². The molecule has 8 nitrogen and oxygen atoms in total. The number of ether oxygens (including phenoxy) is 1. The van der Waals surface area contributed by atoms with Gasteiger partial charge in [0.15, 0.2) is 0 Å². The molecule has 0 spiro atoms. The van der Waals surface area contributed by atoms with Crippen LogP contribution in [0.15, 0.2) is 0 Å². The topological polar surface area (TPSA) is 68.5 Å². The summed E-state index contributed by atoms with van der Waals surface area (Å²) in [5, 5.41) is 0. The van der Waals surface area contributed by atoms with Crippen molar-refractivity contribution in [1.82, 2.24) is 24.5 Å². The highest BCUT2D eigenvalue weighted by Gasteiger charge is 2.18. The fourth-order valence-corrected chi connectivity index (χ4v) is 2.99. The molecule has 3 rings (SSSR count). The van der Waals surface area contributed by atoms with E-state index >= 15 is 0 Å². The van der Waals surface area contributed by atoms with Gasteiger partial charge in [-0.3, -0.25) is 0 Å². The van der Waals surface area contributed by atoms with E-state index in [1.807, 2.05) is 0 Å². The number of methoxy groups -OCH3 is 1. The average Bonchev–Trinajstić information content (AvgIpc) is 3.01. The lowest BCUT2D eigenvalue weighted by molar-refractivity contribution is 0.0983. The van der Waals surface area contributed by atoms with E-state index in [1.54, 1.807) is 4.90 Å². The van der Waals surface area contributed by atoms with E-state index in [2.05, 4.69) is 52.5 Å². The molecule has 0 radical (unpaired) electrons. The van der Waals surface area contributed by atoms with Gasteiger partial charge in [0, 0.05) is 64.9 Å². The summed E-state index contributed by atoms with van der Waals surface area (Å²) in [6, 6.07) is 0.449. The number of rotatable bonds is 0. The summed E-state index contributed by atoms with van der Waals surface area (Å²) in [5.41, 5.74) is 5.58. The zero-order valence-electron chi connectivity index (χ0n) is 17.5. The molecular weight excluding hydrogens is 332 g/mol. The summed E-state index contributed by atoms with van der Waals surface area (Å²) < 4.78 is 4.59. The van der Waals surface area contributed by atoms with Crippen molar-refractivity contribution in [3.8, 4) is 0 Å². The third-order valence-corrected chi connectivity index (χ3v) is 5.09. The molecule has 0 aromatic heterocycles. The molecule has 2 N–H and O–H groups in total. The third kappa shape index (κ3) is 9.68. The lowest BCUT2D eigenvalue weighted by Crippen LogP contribution is -2.47. The van der Waals surface area contributed by atoms with E-state index < -0.39 is 0 Å². The average molecular weight is 373 g/mol. The molecule has 1 atom stereocenters. The number of amides is 1. The second-order valence-corrected chi connectivity index (χ2v) is 7.68. The van der Waals surface area contributed by atoms with E-state index in [4.69, 9.17) is 5.73 Å².